The van der Waals surface area contributed by atoms with E-state index in [2.05, 4.69) is 29.2 Å². The second-order valence-electron chi connectivity index (χ2n) is 5.45. The lowest BCUT2D eigenvalue weighted by atomic mass is 10.1. The molecule has 1 fully saturated rings. The fourth-order valence-corrected chi connectivity index (χ4v) is 2.60. The van der Waals surface area contributed by atoms with E-state index < -0.39 is 0 Å². The minimum atomic E-state index is 0.392. The molecule has 0 unspecified atom stereocenters. The first-order chi connectivity index (χ1) is 9.34. The Morgan fingerprint density at radius 1 is 1.21 bits per heavy atom. The number of nitrogens with zero attached hydrogens (tertiary/aromatic N) is 1. The molecule has 2 rings (SSSR count). The maximum Gasteiger partial charge on any atom is 0.0716 e. The van der Waals surface area contributed by atoms with Crippen LogP contribution in [0, 0.1) is 0 Å². The second-order valence-corrected chi connectivity index (χ2v) is 5.45. The first-order valence-corrected chi connectivity index (χ1v) is 7.44. The molecule has 0 aliphatic carbocycles. The lowest BCUT2D eigenvalue weighted by Gasteiger charge is -2.30. The van der Waals surface area contributed by atoms with Crippen molar-refractivity contribution in [1.29, 1.82) is 0 Å². The molecule has 0 amide bonds. The monoisotopic (exact) mass is 262 g/mol. The summed E-state index contributed by atoms with van der Waals surface area (Å²) in [5.74, 6) is 0. The number of hydrogen-bond acceptors (Lipinski definition) is 3. The maximum absolute atomic E-state index is 5.98. The molecular weight excluding hydrogens is 236 g/mol. The predicted molar refractivity (Wildman–Crippen MR) is 79.0 cm³/mol. The Bertz CT molecular complexity index is 342. The standard InChI is InChI=1S/C16H26N2O/c17-16-9-6-11-18(13-16)10-4-5-12-19-14-15-7-2-1-3-8-15/h1-3,7-8,16H,4-6,9-14,17H2/t16-/m0/s1. The SMILES string of the molecule is N[C@H]1CCCN(CCCCOCc2ccccc2)C1. The van der Waals surface area contributed by atoms with E-state index in [0.717, 1.165) is 26.2 Å². The van der Waals surface area contributed by atoms with Crippen molar-refractivity contribution in [3.05, 3.63) is 35.9 Å². The van der Waals surface area contributed by atoms with E-state index in [9.17, 15) is 0 Å². The fraction of sp³-hybridized carbons (Fsp3) is 0.625. The molecule has 19 heavy (non-hydrogen) atoms. The molecule has 1 aliphatic heterocycles. The largest absolute Gasteiger partial charge is 0.377 e. The lowest BCUT2D eigenvalue weighted by Crippen LogP contribution is -2.43. The molecule has 3 heteroatoms. The molecule has 1 aliphatic rings. The van der Waals surface area contributed by atoms with Crippen molar-refractivity contribution in [3.8, 4) is 0 Å². The van der Waals surface area contributed by atoms with E-state index in [-0.39, 0.29) is 0 Å². The van der Waals surface area contributed by atoms with Crippen LogP contribution in [0.15, 0.2) is 30.3 Å². The summed E-state index contributed by atoms with van der Waals surface area (Å²) in [4.78, 5) is 2.49. The summed E-state index contributed by atoms with van der Waals surface area (Å²) in [5, 5.41) is 0. The zero-order valence-electron chi connectivity index (χ0n) is 11.8. The molecule has 0 bridgehead atoms. The third kappa shape index (κ3) is 5.72. The molecule has 1 saturated heterocycles. The molecule has 1 atom stereocenters. The first-order valence-electron chi connectivity index (χ1n) is 7.44. The van der Waals surface area contributed by atoms with Crippen LogP contribution in [0.1, 0.15) is 31.2 Å². The van der Waals surface area contributed by atoms with Gasteiger partial charge in [0, 0.05) is 19.2 Å². The zero-order valence-corrected chi connectivity index (χ0v) is 11.8. The Morgan fingerprint density at radius 2 is 2.05 bits per heavy atom. The van der Waals surface area contributed by atoms with Gasteiger partial charge in [0.2, 0.25) is 0 Å². The molecule has 1 heterocycles. The van der Waals surface area contributed by atoms with Gasteiger partial charge in [0.05, 0.1) is 6.61 Å². The van der Waals surface area contributed by atoms with Crippen molar-refractivity contribution in [2.45, 2.75) is 38.3 Å². The normalized spacial score (nSPS) is 20.6. The predicted octanol–water partition coefficient (Wildman–Crippen LogP) is 2.41. The van der Waals surface area contributed by atoms with Gasteiger partial charge in [-0.3, -0.25) is 0 Å². The van der Waals surface area contributed by atoms with Crippen LogP contribution in [-0.2, 0) is 11.3 Å². The van der Waals surface area contributed by atoms with Crippen LogP contribution in [0.25, 0.3) is 0 Å². The third-order valence-electron chi connectivity index (χ3n) is 3.67. The molecule has 3 nitrogen and oxygen atoms in total. The number of piperidine rings is 1. The molecule has 0 radical (unpaired) electrons. The number of likely N-dealkylation sites (tertiary alicyclic amines) is 1. The van der Waals surface area contributed by atoms with Gasteiger partial charge in [-0.05, 0) is 44.3 Å². The van der Waals surface area contributed by atoms with E-state index in [1.165, 1.54) is 37.9 Å². The van der Waals surface area contributed by atoms with Crippen LogP contribution < -0.4 is 5.73 Å². The summed E-state index contributed by atoms with van der Waals surface area (Å²) >= 11 is 0. The summed E-state index contributed by atoms with van der Waals surface area (Å²) in [6.45, 7) is 5.05. The minimum Gasteiger partial charge on any atom is -0.377 e. The highest BCUT2D eigenvalue weighted by Crippen LogP contribution is 2.09. The quantitative estimate of drug-likeness (QED) is 0.767. The fourth-order valence-electron chi connectivity index (χ4n) is 2.60. The van der Waals surface area contributed by atoms with Crippen molar-refractivity contribution in [2.75, 3.05) is 26.2 Å². The lowest BCUT2D eigenvalue weighted by molar-refractivity contribution is 0.112. The van der Waals surface area contributed by atoms with Crippen LogP contribution in [0.5, 0.6) is 0 Å². The average molecular weight is 262 g/mol. The Kier molecular flexibility index (Phi) is 6.34. The Morgan fingerprint density at radius 3 is 2.84 bits per heavy atom. The summed E-state index contributed by atoms with van der Waals surface area (Å²) in [5.41, 5.74) is 7.23. The topological polar surface area (TPSA) is 38.5 Å². The highest BCUT2D eigenvalue weighted by molar-refractivity contribution is 5.13. The number of nitrogens with two attached hydrogens (primary N) is 1. The van der Waals surface area contributed by atoms with Crippen molar-refractivity contribution in [1.82, 2.24) is 4.90 Å². The van der Waals surface area contributed by atoms with E-state index >= 15 is 0 Å². The number of benzene rings is 1. The average Bonchev–Trinajstić information content (AvgIpc) is 2.44. The number of ether oxygens (including phenoxy) is 1. The van der Waals surface area contributed by atoms with Crippen LogP contribution in [0.4, 0.5) is 0 Å². The third-order valence-corrected chi connectivity index (χ3v) is 3.67. The number of unbranched alkanes of at least 4 members (excludes halogenated alkanes) is 1. The summed E-state index contributed by atoms with van der Waals surface area (Å²) in [6, 6.07) is 10.7. The minimum absolute atomic E-state index is 0.392. The number of hydrogen-bond donors (Lipinski definition) is 1. The van der Waals surface area contributed by atoms with Gasteiger partial charge < -0.3 is 15.4 Å². The van der Waals surface area contributed by atoms with E-state index in [0.29, 0.717) is 6.04 Å². The summed E-state index contributed by atoms with van der Waals surface area (Å²) < 4.78 is 5.69. The van der Waals surface area contributed by atoms with Crippen molar-refractivity contribution < 1.29 is 4.74 Å². The summed E-state index contributed by atoms with van der Waals surface area (Å²) in [6.07, 6.45) is 4.79. The van der Waals surface area contributed by atoms with E-state index in [1.807, 2.05) is 6.07 Å². The van der Waals surface area contributed by atoms with Gasteiger partial charge in [-0.25, -0.2) is 0 Å². The van der Waals surface area contributed by atoms with Crippen molar-refractivity contribution in [2.24, 2.45) is 5.73 Å². The Hall–Kier alpha value is -0.900. The van der Waals surface area contributed by atoms with Gasteiger partial charge in [-0.1, -0.05) is 30.3 Å². The van der Waals surface area contributed by atoms with Crippen LogP contribution >= 0.6 is 0 Å². The van der Waals surface area contributed by atoms with E-state index in [1.54, 1.807) is 0 Å². The molecule has 0 saturated carbocycles. The highest BCUT2D eigenvalue weighted by Gasteiger charge is 2.15. The van der Waals surface area contributed by atoms with Gasteiger partial charge in [0.1, 0.15) is 0 Å². The highest BCUT2D eigenvalue weighted by atomic mass is 16.5. The van der Waals surface area contributed by atoms with Gasteiger partial charge >= 0.3 is 0 Å². The Balaban J connectivity index is 1.48. The number of rotatable bonds is 7. The smallest absolute Gasteiger partial charge is 0.0716 e. The van der Waals surface area contributed by atoms with Gasteiger partial charge in [-0.2, -0.15) is 0 Å². The molecule has 1 aromatic rings. The van der Waals surface area contributed by atoms with Crippen LogP contribution in [-0.4, -0.2) is 37.2 Å². The zero-order chi connectivity index (χ0) is 13.3. The van der Waals surface area contributed by atoms with Crippen LogP contribution in [0.3, 0.4) is 0 Å². The molecule has 0 aromatic heterocycles. The molecule has 0 spiro atoms. The molecular formula is C16H26N2O. The van der Waals surface area contributed by atoms with Gasteiger partial charge in [-0.15, -0.1) is 0 Å². The Labute approximate surface area is 116 Å². The molecule has 1 aromatic carbocycles. The van der Waals surface area contributed by atoms with Crippen LogP contribution in [0.2, 0.25) is 0 Å². The second kappa shape index (κ2) is 8.31. The maximum atomic E-state index is 5.98. The van der Waals surface area contributed by atoms with Gasteiger partial charge in [0.25, 0.3) is 0 Å². The first kappa shape index (κ1) is 14.5. The van der Waals surface area contributed by atoms with Crippen molar-refractivity contribution in [3.63, 3.8) is 0 Å². The van der Waals surface area contributed by atoms with Gasteiger partial charge in [0.15, 0.2) is 0 Å². The molecule has 106 valence electrons. The van der Waals surface area contributed by atoms with E-state index in [4.69, 9.17) is 10.5 Å². The summed E-state index contributed by atoms with van der Waals surface area (Å²) in [7, 11) is 0. The van der Waals surface area contributed by atoms with Crippen molar-refractivity contribution >= 4 is 0 Å². The molecule has 2 N–H and O–H groups in total.